The van der Waals surface area contributed by atoms with Crippen LogP contribution < -0.4 is 14.4 Å². The molecule has 0 unspecified atom stereocenters. The van der Waals surface area contributed by atoms with E-state index in [1.807, 2.05) is 0 Å². The molecule has 4 nitrogen and oxygen atoms in total. The average Bonchev–Trinajstić information content (AvgIpc) is 3.71. The second-order valence-electron chi connectivity index (χ2n) is 12.8. The zero-order valence-electron chi connectivity index (χ0n) is 24.5. The van der Waals surface area contributed by atoms with Crippen molar-refractivity contribution in [2.24, 2.45) is 0 Å². The van der Waals surface area contributed by atoms with Crippen LogP contribution in [0.3, 0.4) is 0 Å². The maximum Gasteiger partial charge on any atom is 0.210 e. The third-order valence-corrected chi connectivity index (χ3v) is 10.3. The summed E-state index contributed by atoms with van der Waals surface area (Å²) in [5.74, 6) is 2.10. The quantitative estimate of drug-likeness (QED) is 0.365. The molecule has 4 aliphatic heterocycles. The van der Waals surface area contributed by atoms with Crippen LogP contribution in [0.4, 0.5) is 11.4 Å². The van der Waals surface area contributed by atoms with Gasteiger partial charge in [-0.15, -0.1) is 0 Å². The molecule has 0 spiro atoms. The van der Waals surface area contributed by atoms with Crippen molar-refractivity contribution < 1.29 is 14.0 Å². The number of hydrogen-bond acceptors (Lipinski definition) is 3. The van der Waals surface area contributed by atoms with E-state index in [9.17, 15) is 0 Å². The first-order chi connectivity index (χ1) is 19.1. The topological polar surface area (TPSA) is 24.7 Å². The molecule has 0 fully saturated rings. The highest BCUT2D eigenvalue weighted by Crippen LogP contribution is 2.50. The number of halogens is 1. The number of benzene rings is 2. The van der Waals surface area contributed by atoms with E-state index in [4.69, 9.17) is 21.1 Å². The van der Waals surface area contributed by atoms with Crippen LogP contribution >= 0.6 is 11.6 Å². The zero-order chi connectivity index (χ0) is 28.0. The molecule has 1 aliphatic carbocycles. The summed E-state index contributed by atoms with van der Waals surface area (Å²) >= 11 is 7.01. The number of rotatable bonds is 3. The summed E-state index contributed by atoms with van der Waals surface area (Å²) in [5, 5.41) is 0.889. The van der Waals surface area contributed by atoms with E-state index in [-0.39, 0.29) is 10.8 Å². The van der Waals surface area contributed by atoms with Crippen LogP contribution in [0, 0.1) is 0 Å². The van der Waals surface area contributed by atoms with Crippen molar-refractivity contribution in [2.45, 2.75) is 64.2 Å². The van der Waals surface area contributed by atoms with Crippen LogP contribution in [0.15, 0.2) is 70.4 Å². The second kappa shape index (κ2) is 8.88. The molecule has 7 rings (SSSR count). The SMILES string of the molecule is CN1/C(=C\C=C2CCC(/C=C/C3=[N+](C)c4cc5c(cc4C3(C)C)OCC5)=C2Cl)C(C)(C)c2cc3c(cc21)CCO3. The summed E-state index contributed by atoms with van der Waals surface area (Å²) in [6.45, 7) is 10.8. The van der Waals surface area contributed by atoms with Gasteiger partial charge in [-0.25, -0.2) is 0 Å². The number of nitrogens with zero attached hydrogens (tertiary/aromatic N) is 2. The Kier molecular flexibility index (Phi) is 5.71. The number of likely N-dealkylation sites (N-methyl/N-ethyl adjacent to an activating group) is 1. The zero-order valence-corrected chi connectivity index (χ0v) is 25.2. The molecule has 2 aromatic rings. The molecule has 0 aromatic heterocycles. The number of hydrogen-bond donors (Lipinski definition) is 0. The summed E-state index contributed by atoms with van der Waals surface area (Å²) < 4.78 is 14.1. The van der Waals surface area contributed by atoms with Crippen molar-refractivity contribution >= 4 is 28.7 Å². The Labute approximate surface area is 242 Å². The van der Waals surface area contributed by atoms with Crippen LogP contribution in [0.1, 0.15) is 62.8 Å². The maximum atomic E-state index is 7.01. The Bertz CT molecular complexity index is 1630. The lowest BCUT2D eigenvalue weighted by atomic mass is 9.81. The van der Waals surface area contributed by atoms with Gasteiger partial charge in [-0.05, 0) is 73.2 Å². The van der Waals surface area contributed by atoms with Gasteiger partial charge in [0.25, 0.3) is 0 Å². The molecule has 5 heteroatoms. The van der Waals surface area contributed by atoms with Gasteiger partial charge in [-0.1, -0.05) is 37.6 Å². The number of allylic oxidation sites excluding steroid dienone is 8. The molecule has 0 amide bonds. The number of fused-ring (bicyclic) bond motifs is 4. The molecule has 0 radical (unpaired) electrons. The third kappa shape index (κ3) is 3.68. The molecule has 40 heavy (non-hydrogen) atoms. The molecule has 0 saturated heterocycles. The van der Waals surface area contributed by atoms with Crippen molar-refractivity contribution in [3.63, 3.8) is 0 Å². The number of ether oxygens (including phenoxy) is 2. The largest absolute Gasteiger partial charge is 0.493 e. The van der Waals surface area contributed by atoms with Crippen molar-refractivity contribution in [2.75, 3.05) is 32.2 Å². The predicted molar refractivity (Wildman–Crippen MR) is 164 cm³/mol. The molecule has 0 N–H and O–H groups in total. The lowest BCUT2D eigenvalue weighted by Gasteiger charge is -2.23. The Morgan fingerprint density at radius 2 is 1.50 bits per heavy atom. The van der Waals surface area contributed by atoms with Crippen LogP contribution in [0.2, 0.25) is 0 Å². The van der Waals surface area contributed by atoms with Crippen LogP contribution in [0.25, 0.3) is 0 Å². The highest BCUT2D eigenvalue weighted by atomic mass is 35.5. The first-order valence-corrected chi connectivity index (χ1v) is 14.9. The van der Waals surface area contributed by atoms with E-state index >= 15 is 0 Å². The number of anilines is 1. The monoisotopic (exact) mass is 553 g/mol. The Hall–Kier alpha value is -3.24. The Balaban J connectivity index is 1.16. The summed E-state index contributed by atoms with van der Waals surface area (Å²) in [6, 6.07) is 9.14. The van der Waals surface area contributed by atoms with Crippen LogP contribution in [-0.4, -0.2) is 37.6 Å². The lowest BCUT2D eigenvalue weighted by Crippen LogP contribution is -2.26. The summed E-state index contributed by atoms with van der Waals surface area (Å²) in [6.07, 6.45) is 12.9. The van der Waals surface area contributed by atoms with Crippen molar-refractivity contribution in [3.05, 3.63) is 92.7 Å². The molecule has 2 aromatic carbocycles. The van der Waals surface area contributed by atoms with Crippen LogP contribution in [0.5, 0.6) is 11.5 Å². The molecule has 4 heterocycles. The summed E-state index contributed by atoms with van der Waals surface area (Å²) in [7, 11) is 4.35. The van der Waals surface area contributed by atoms with Gasteiger partial charge in [-0.2, -0.15) is 4.58 Å². The van der Waals surface area contributed by atoms with Crippen LogP contribution in [-0.2, 0) is 23.7 Å². The fourth-order valence-electron chi connectivity index (χ4n) is 7.36. The molecule has 0 bridgehead atoms. The molecule has 0 atom stereocenters. The van der Waals surface area contributed by atoms with Gasteiger partial charge < -0.3 is 14.4 Å². The van der Waals surface area contributed by atoms with E-state index in [0.29, 0.717) is 0 Å². The van der Waals surface area contributed by atoms with Gasteiger partial charge >= 0.3 is 0 Å². The molecule has 0 saturated carbocycles. The van der Waals surface area contributed by atoms with E-state index in [1.165, 1.54) is 56.2 Å². The Morgan fingerprint density at radius 1 is 0.825 bits per heavy atom. The predicted octanol–water partition coefficient (Wildman–Crippen LogP) is 7.64. The van der Waals surface area contributed by atoms with Crippen molar-refractivity contribution in [1.82, 2.24) is 0 Å². The van der Waals surface area contributed by atoms with E-state index in [0.717, 1.165) is 55.4 Å². The molecular weight excluding hydrogens is 516 g/mol. The summed E-state index contributed by atoms with van der Waals surface area (Å²) in [5.41, 5.74) is 12.6. The highest BCUT2D eigenvalue weighted by molar-refractivity contribution is 6.33. The third-order valence-electron chi connectivity index (χ3n) is 9.80. The van der Waals surface area contributed by atoms with Gasteiger partial charge in [0.2, 0.25) is 5.69 Å². The fourth-order valence-corrected chi connectivity index (χ4v) is 7.68. The van der Waals surface area contributed by atoms with Crippen molar-refractivity contribution in [1.29, 1.82) is 0 Å². The van der Waals surface area contributed by atoms with Crippen molar-refractivity contribution in [3.8, 4) is 11.5 Å². The summed E-state index contributed by atoms with van der Waals surface area (Å²) in [4.78, 5) is 2.34. The normalized spacial score (nSPS) is 23.8. The van der Waals surface area contributed by atoms with Gasteiger partial charge in [-0.3, -0.25) is 0 Å². The van der Waals surface area contributed by atoms with E-state index in [1.54, 1.807) is 0 Å². The Morgan fingerprint density at radius 3 is 2.23 bits per heavy atom. The second-order valence-corrected chi connectivity index (χ2v) is 13.2. The first-order valence-electron chi connectivity index (χ1n) is 14.5. The highest BCUT2D eigenvalue weighted by Gasteiger charge is 2.44. The van der Waals surface area contributed by atoms with Gasteiger partial charge in [0.15, 0.2) is 5.71 Å². The molecular formula is C35H38ClN2O2+. The van der Waals surface area contributed by atoms with E-state index in [2.05, 4.69) is 99.8 Å². The molecule has 206 valence electrons. The molecule has 5 aliphatic rings. The standard InChI is InChI=1S/C35H38ClN2O2/c1-34(2)25-19-29-23(13-15-39-29)17-27(25)37(5)31(34)11-9-21-7-8-22(33(21)36)10-12-32-35(3,4)26-20-30-24(14-16-40-30)18-28(26)38(32)6/h9-12,17-20H,7-8,13-16H2,1-6H3/q+1. The van der Waals surface area contributed by atoms with Gasteiger partial charge in [0.05, 0.1) is 18.6 Å². The first kappa shape index (κ1) is 25.7. The minimum Gasteiger partial charge on any atom is -0.493 e. The smallest absolute Gasteiger partial charge is 0.210 e. The lowest BCUT2D eigenvalue weighted by molar-refractivity contribution is -0.401. The van der Waals surface area contributed by atoms with Gasteiger partial charge in [0.1, 0.15) is 18.5 Å². The average molecular weight is 554 g/mol. The minimum absolute atomic E-state index is 0.102. The maximum absolute atomic E-state index is 7.01. The fraction of sp³-hybridized carbons (Fsp3) is 0.400. The van der Waals surface area contributed by atoms with Gasteiger partial charge in [0, 0.05) is 65.0 Å². The van der Waals surface area contributed by atoms with E-state index < -0.39 is 0 Å². The minimum atomic E-state index is -0.102.